The molecule has 1 aromatic carbocycles. The molecule has 0 fully saturated rings. The molecule has 0 unspecified atom stereocenters. The van der Waals surface area contributed by atoms with Crippen LogP contribution in [0.5, 0.6) is 0 Å². The summed E-state index contributed by atoms with van der Waals surface area (Å²) >= 11 is 5.33. The van der Waals surface area contributed by atoms with Crippen molar-refractivity contribution in [3.63, 3.8) is 0 Å². The van der Waals surface area contributed by atoms with Crippen molar-refractivity contribution in [1.82, 2.24) is 0 Å². The monoisotopic (exact) mass is 300 g/mol. The first-order valence-corrected chi connectivity index (χ1v) is 7.10. The summed E-state index contributed by atoms with van der Waals surface area (Å²) in [5, 5.41) is 9.21. The van der Waals surface area contributed by atoms with Crippen LogP contribution in [-0.4, -0.2) is 16.8 Å². The van der Waals surface area contributed by atoms with E-state index >= 15 is 0 Å². The molecule has 1 heterocycles. The Kier molecular flexibility index (Phi) is 3.60. The molecule has 1 aliphatic rings. The smallest absolute Gasteiger partial charge is 0.310 e. The van der Waals surface area contributed by atoms with E-state index in [-0.39, 0.29) is 5.92 Å². The lowest BCUT2D eigenvalue weighted by atomic mass is 9.91. The molecule has 0 saturated carbocycles. The van der Waals surface area contributed by atoms with E-state index in [2.05, 4.69) is 15.9 Å². The van der Waals surface area contributed by atoms with Crippen LogP contribution in [0.4, 0.5) is 0 Å². The maximum Gasteiger partial charge on any atom is 0.310 e. The van der Waals surface area contributed by atoms with E-state index < -0.39 is 5.97 Å². The number of rotatable bonds is 3. The Morgan fingerprint density at radius 2 is 2.38 bits per heavy atom. The van der Waals surface area contributed by atoms with Crippen LogP contribution in [0.1, 0.15) is 30.4 Å². The fraction of sp³-hybridized carbons (Fsp3) is 0.417. The molecular weight excluding hydrogens is 288 g/mol. The lowest BCUT2D eigenvalue weighted by molar-refractivity contribution is -0.138. The predicted molar refractivity (Wildman–Crippen MR) is 69.2 cm³/mol. The summed E-state index contributed by atoms with van der Waals surface area (Å²) in [7, 11) is 0. The van der Waals surface area contributed by atoms with Crippen LogP contribution >= 0.6 is 27.7 Å². The van der Waals surface area contributed by atoms with E-state index in [1.807, 2.05) is 30.8 Å². The van der Waals surface area contributed by atoms with Crippen LogP contribution < -0.4 is 0 Å². The van der Waals surface area contributed by atoms with Gasteiger partial charge in [-0.3, -0.25) is 4.79 Å². The van der Waals surface area contributed by atoms with E-state index in [4.69, 9.17) is 0 Å². The average molecular weight is 301 g/mol. The summed E-state index contributed by atoms with van der Waals surface area (Å²) in [4.78, 5) is 12.4. The third kappa shape index (κ3) is 2.00. The molecule has 86 valence electrons. The largest absolute Gasteiger partial charge is 0.481 e. The third-order valence-corrected chi connectivity index (χ3v) is 5.02. The lowest BCUT2D eigenvalue weighted by Gasteiger charge is -2.15. The van der Waals surface area contributed by atoms with Crippen LogP contribution in [-0.2, 0) is 11.2 Å². The van der Waals surface area contributed by atoms with Crippen LogP contribution in [0.15, 0.2) is 21.5 Å². The van der Waals surface area contributed by atoms with E-state index in [9.17, 15) is 9.90 Å². The highest BCUT2D eigenvalue weighted by Crippen LogP contribution is 2.41. The first kappa shape index (κ1) is 12.0. The Morgan fingerprint density at radius 1 is 1.62 bits per heavy atom. The number of carboxylic acid groups (broad SMARTS) is 1. The van der Waals surface area contributed by atoms with Gasteiger partial charge in [-0.15, -0.1) is 11.8 Å². The van der Waals surface area contributed by atoms with Crippen molar-refractivity contribution < 1.29 is 9.90 Å². The summed E-state index contributed by atoms with van der Waals surface area (Å²) in [6.07, 6.45) is 1.63. The van der Waals surface area contributed by atoms with Crippen molar-refractivity contribution in [3.05, 3.63) is 27.7 Å². The van der Waals surface area contributed by atoms with Gasteiger partial charge >= 0.3 is 5.97 Å². The number of fused-ring (bicyclic) bond motifs is 1. The Hall–Kier alpha value is -0.480. The molecule has 16 heavy (non-hydrogen) atoms. The summed E-state index contributed by atoms with van der Waals surface area (Å²) in [6.45, 7) is 1.93. The molecule has 0 saturated heterocycles. The highest BCUT2D eigenvalue weighted by atomic mass is 79.9. The molecule has 2 nitrogen and oxygen atoms in total. The summed E-state index contributed by atoms with van der Waals surface area (Å²) in [5.41, 5.74) is 2.23. The zero-order valence-corrected chi connectivity index (χ0v) is 11.4. The van der Waals surface area contributed by atoms with Crippen LogP contribution in [0, 0.1) is 0 Å². The molecule has 1 aliphatic heterocycles. The lowest BCUT2D eigenvalue weighted by Crippen LogP contribution is -2.12. The Labute approximate surface area is 108 Å². The highest BCUT2D eigenvalue weighted by molar-refractivity contribution is 9.10. The first-order valence-electron chi connectivity index (χ1n) is 5.32. The van der Waals surface area contributed by atoms with Crippen molar-refractivity contribution in [2.24, 2.45) is 0 Å². The maximum atomic E-state index is 11.2. The van der Waals surface area contributed by atoms with E-state index in [0.29, 0.717) is 6.42 Å². The molecule has 0 aromatic heterocycles. The molecular formula is C12H13BrO2S. The minimum atomic E-state index is -0.719. The minimum Gasteiger partial charge on any atom is -0.481 e. The van der Waals surface area contributed by atoms with Crippen molar-refractivity contribution in [1.29, 1.82) is 0 Å². The van der Waals surface area contributed by atoms with Crippen LogP contribution in [0.25, 0.3) is 0 Å². The van der Waals surface area contributed by atoms with Gasteiger partial charge in [0.1, 0.15) is 0 Å². The normalized spacial score (nSPS) is 15.9. The molecule has 2 rings (SSSR count). The number of thioether (sulfide) groups is 1. The Bertz CT molecular complexity index is 431. The number of benzene rings is 1. The van der Waals surface area contributed by atoms with Crippen molar-refractivity contribution in [2.75, 3.05) is 5.75 Å². The minimum absolute atomic E-state index is 0.361. The quantitative estimate of drug-likeness (QED) is 0.925. The molecule has 0 radical (unpaired) electrons. The van der Waals surface area contributed by atoms with Gasteiger partial charge in [0.15, 0.2) is 0 Å². The summed E-state index contributed by atoms with van der Waals surface area (Å²) in [5.74, 6) is -0.0226. The number of hydrogen-bond acceptors (Lipinski definition) is 2. The number of carbonyl (C=O) groups is 1. The van der Waals surface area contributed by atoms with Gasteiger partial charge in [0, 0.05) is 15.1 Å². The number of halogens is 1. The fourth-order valence-electron chi connectivity index (χ4n) is 2.14. The maximum absolute atomic E-state index is 11.2. The molecule has 0 aliphatic carbocycles. The van der Waals surface area contributed by atoms with Crippen molar-refractivity contribution >= 4 is 33.7 Å². The van der Waals surface area contributed by atoms with E-state index in [0.717, 1.165) is 22.2 Å². The van der Waals surface area contributed by atoms with Gasteiger partial charge in [-0.2, -0.15) is 0 Å². The molecule has 1 atom stereocenters. The van der Waals surface area contributed by atoms with Gasteiger partial charge in [0.25, 0.3) is 0 Å². The topological polar surface area (TPSA) is 37.3 Å². The van der Waals surface area contributed by atoms with Crippen LogP contribution in [0.3, 0.4) is 0 Å². The summed E-state index contributed by atoms with van der Waals surface area (Å²) < 4.78 is 1.09. The molecule has 4 heteroatoms. The van der Waals surface area contributed by atoms with Gasteiger partial charge in [-0.1, -0.05) is 13.0 Å². The average Bonchev–Trinajstić information content (AvgIpc) is 2.71. The SMILES string of the molecule is CC[C@@H](C(=O)O)c1ccc(Br)c2c1CCS2. The van der Waals surface area contributed by atoms with Crippen LogP contribution in [0.2, 0.25) is 0 Å². The number of aliphatic carboxylic acids is 1. The predicted octanol–water partition coefficient (Wildman–Crippen LogP) is 3.68. The standard InChI is InChI=1S/C12H13BrO2S/c1-2-7(12(14)15)8-3-4-10(13)11-9(8)5-6-16-11/h3-4,7H,2,5-6H2,1H3,(H,14,15)/t7-/m1/s1. The Balaban J connectivity index is 2.50. The van der Waals surface area contributed by atoms with Crippen molar-refractivity contribution in [2.45, 2.75) is 30.6 Å². The van der Waals surface area contributed by atoms with Crippen molar-refractivity contribution in [3.8, 4) is 0 Å². The second kappa shape index (κ2) is 4.80. The molecule has 1 aromatic rings. The zero-order chi connectivity index (χ0) is 11.7. The Morgan fingerprint density at radius 3 is 3.00 bits per heavy atom. The first-order chi connectivity index (χ1) is 7.65. The molecule has 0 amide bonds. The van der Waals surface area contributed by atoms with Gasteiger partial charge < -0.3 is 5.11 Å². The molecule has 0 spiro atoms. The second-order valence-corrected chi connectivity index (χ2v) is 5.80. The van der Waals surface area contributed by atoms with E-state index in [1.165, 1.54) is 10.5 Å². The number of hydrogen-bond donors (Lipinski definition) is 1. The van der Waals surface area contributed by atoms with E-state index in [1.54, 1.807) is 0 Å². The highest BCUT2D eigenvalue weighted by Gasteiger charge is 2.25. The van der Waals surface area contributed by atoms with Gasteiger partial charge in [0.05, 0.1) is 5.92 Å². The van der Waals surface area contributed by atoms with Gasteiger partial charge in [-0.05, 0) is 46.0 Å². The summed E-state index contributed by atoms with van der Waals surface area (Å²) in [6, 6.07) is 3.93. The van der Waals surface area contributed by atoms with Gasteiger partial charge in [0.2, 0.25) is 0 Å². The molecule has 0 bridgehead atoms. The molecule has 1 N–H and O–H groups in total. The third-order valence-electron chi connectivity index (χ3n) is 2.93. The second-order valence-electron chi connectivity index (χ2n) is 3.84. The van der Waals surface area contributed by atoms with Gasteiger partial charge in [-0.25, -0.2) is 0 Å². The fourth-order valence-corrected chi connectivity index (χ4v) is 3.96. The zero-order valence-electron chi connectivity index (χ0n) is 9.00. The number of carboxylic acids is 1.